The summed E-state index contributed by atoms with van der Waals surface area (Å²) in [7, 11) is 1.73. The standard InChI is InChI=1S/C14H11Cl2N5O2/c1-7-6-21(2)20-11(7)12(22)17-14-19-18-13(23-14)9-5-8(15)3-4-10(9)16/h3-6H,1-2H3,(H,17,19,22). The van der Waals surface area contributed by atoms with Crippen LogP contribution in [0.3, 0.4) is 0 Å². The molecule has 2 heterocycles. The smallest absolute Gasteiger partial charge is 0.322 e. The van der Waals surface area contributed by atoms with Gasteiger partial charge in [0.05, 0.1) is 10.6 Å². The minimum Gasteiger partial charge on any atom is -0.403 e. The molecule has 118 valence electrons. The van der Waals surface area contributed by atoms with Crippen LogP contribution in [-0.4, -0.2) is 25.9 Å². The van der Waals surface area contributed by atoms with Crippen molar-refractivity contribution in [3.8, 4) is 11.5 Å². The molecule has 1 N–H and O–H groups in total. The molecule has 7 nitrogen and oxygen atoms in total. The normalized spacial score (nSPS) is 10.8. The molecule has 0 bridgehead atoms. The van der Waals surface area contributed by atoms with E-state index in [1.165, 1.54) is 0 Å². The van der Waals surface area contributed by atoms with E-state index in [0.717, 1.165) is 5.56 Å². The van der Waals surface area contributed by atoms with Gasteiger partial charge in [0.25, 0.3) is 11.8 Å². The number of benzene rings is 1. The number of rotatable bonds is 3. The zero-order valence-corrected chi connectivity index (χ0v) is 13.7. The van der Waals surface area contributed by atoms with Crippen molar-refractivity contribution < 1.29 is 9.21 Å². The zero-order chi connectivity index (χ0) is 16.6. The molecule has 9 heteroatoms. The van der Waals surface area contributed by atoms with Gasteiger partial charge in [-0.05, 0) is 25.1 Å². The van der Waals surface area contributed by atoms with E-state index < -0.39 is 5.91 Å². The maximum absolute atomic E-state index is 12.2. The first-order valence-corrected chi connectivity index (χ1v) is 7.30. The molecule has 0 aliphatic rings. The molecular formula is C14H11Cl2N5O2. The van der Waals surface area contributed by atoms with E-state index in [0.29, 0.717) is 15.6 Å². The van der Waals surface area contributed by atoms with Gasteiger partial charge in [0.1, 0.15) is 0 Å². The third-order valence-electron chi connectivity index (χ3n) is 3.03. The van der Waals surface area contributed by atoms with E-state index in [2.05, 4.69) is 20.6 Å². The van der Waals surface area contributed by atoms with E-state index in [4.69, 9.17) is 27.6 Å². The molecule has 0 radical (unpaired) electrons. The molecule has 0 unspecified atom stereocenters. The maximum atomic E-state index is 12.2. The molecule has 23 heavy (non-hydrogen) atoms. The third kappa shape index (κ3) is 3.20. The summed E-state index contributed by atoms with van der Waals surface area (Å²) in [5.41, 5.74) is 1.51. The molecule has 1 aromatic carbocycles. The number of anilines is 1. The third-order valence-corrected chi connectivity index (χ3v) is 3.60. The Morgan fingerprint density at radius 1 is 1.30 bits per heavy atom. The van der Waals surface area contributed by atoms with Gasteiger partial charge in [-0.3, -0.25) is 14.8 Å². The van der Waals surface area contributed by atoms with Crippen LogP contribution in [0.2, 0.25) is 10.0 Å². The van der Waals surface area contributed by atoms with Gasteiger partial charge in [-0.25, -0.2) is 0 Å². The van der Waals surface area contributed by atoms with Gasteiger partial charge in [-0.1, -0.05) is 28.3 Å². The lowest BCUT2D eigenvalue weighted by molar-refractivity contribution is 0.101. The van der Waals surface area contributed by atoms with Crippen LogP contribution in [0.25, 0.3) is 11.5 Å². The van der Waals surface area contributed by atoms with Crippen LogP contribution in [0, 0.1) is 6.92 Å². The SMILES string of the molecule is Cc1cn(C)nc1C(=O)Nc1nnc(-c2cc(Cl)ccc2Cl)o1. The number of nitrogens with one attached hydrogen (secondary N) is 1. The van der Waals surface area contributed by atoms with Crippen molar-refractivity contribution >= 4 is 35.1 Å². The number of hydrogen-bond acceptors (Lipinski definition) is 5. The quantitative estimate of drug-likeness (QED) is 0.781. The maximum Gasteiger partial charge on any atom is 0.322 e. The minimum atomic E-state index is -0.435. The molecule has 0 aliphatic carbocycles. The van der Waals surface area contributed by atoms with Gasteiger partial charge < -0.3 is 4.42 Å². The second-order valence-corrected chi connectivity index (χ2v) is 5.67. The molecule has 2 aromatic heterocycles. The van der Waals surface area contributed by atoms with Crippen LogP contribution >= 0.6 is 23.2 Å². The van der Waals surface area contributed by atoms with E-state index in [1.807, 2.05) is 0 Å². The van der Waals surface area contributed by atoms with Crippen LogP contribution < -0.4 is 5.32 Å². The lowest BCUT2D eigenvalue weighted by Gasteiger charge is -2.00. The Bertz CT molecular complexity index is 887. The molecule has 3 rings (SSSR count). The topological polar surface area (TPSA) is 85.8 Å². The van der Waals surface area contributed by atoms with E-state index in [1.54, 1.807) is 43.0 Å². The second-order valence-electron chi connectivity index (χ2n) is 4.83. The van der Waals surface area contributed by atoms with Crippen molar-refractivity contribution in [1.29, 1.82) is 0 Å². The van der Waals surface area contributed by atoms with Crippen molar-refractivity contribution in [3.05, 3.63) is 45.7 Å². The summed E-state index contributed by atoms with van der Waals surface area (Å²) in [4.78, 5) is 12.2. The minimum absolute atomic E-state index is 0.0499. The highest BCUT2D eigenvalue weighted by atomic mass is 35.5. The molecule has 1 amide bonds. The molecule has 3 aromatic rings. The first-order valence-electron chi connectivity index (χ1n) is 6.54. The van der Waals surface area contributed by atoms with Gasteiger partial charge >= 0.3 is 6.01 Å². The largest absolute Gasteiger partial charge is 0.403 e. The number of carbonyl (C=O) groups excluding carboxylic acids is 1. The average molecular weight is 352 g/mol. The lowest BCUT2D eigenvalue weighted by Crippen LogP contribution is -2.14. The highest BCUT2D eigenvalue weighted by Gasteiger charge is 2.18. The summed E-state index contributed by atoms with van der Waals surface area (Å²) in [6.07, 6.45) is 1.74. The van der Waals surface area contributed by atoms with Crippen molar-refractivity contribution in [2.24, 2.45) is 7.05 Å². The van der Waals surface area contributed by atoms with Gasteiger partial charge in [-0.15, -0.1) is 5.10 Å². The highest BCUT2D eigenvalue weighted by Crippen LogP contribution is 2.30. The molecule has 0 aliphatic heterocycles. The van der Waals surface area contributed by atoms with Gasteiger partial charge in [-0.2, -0.15) is 5.10 Å². The van der Waals surface area contributed by atoms with Crippen molar-refractivity contribution in [3.63, 3.8) is 0 Å². The Balaban J connectivity index is 1.84. The van der Waals surface area contributed by atoms with Crippen molar-refractivity contribution in [2.75, 3.05) is 5.32 Å². The molecule has 0 spiro atoms. The van der Waals surface area contributed by atoms with Crippen LogP contribution in [0.5, 0.6) is 0 Å². The molecule has 0 fully saturated rings. The molecule has 0 saturated carbocycles. The number of hydrogen-bond donors (Lipinski definition) is 1. The summed E-state index contributed by atoms with van der Waals surface area (Å²) in [6.45, 7) is 1.78. The highest BCUT2D eigenvalue weighted by molar-refractivity contribution is 6.35. The fourth-order valence-electron chi connectivity index (χ4n) is 2.03. The van der Waals surface area contributed by atoms with Gasteiger partial charge in [0.15, 0.2) is 5.69 Å². The summed E-state index contributed by atoms with van der Waals surface area (Å²) in [6, 6.07) is 4.83. The Hall–Kier alpha value is -2.38. The van der Waals surface area contributed by atoms with Gasteiger partial charge in [0, 0.05) is 23.8 Å². The Kier molecular flexibility index (Phi) is 4.06. The van der Waals surface area contributed by atoms with Gasteiger partial charge in [0.2, 0.25) is 0 Å². The number of carbonyl (C=O) groups is 1. The van der Waals surface area contributed by atoms with Crippen molar-refractivity contribution in [1.82, 2.24) is 20.0 Å². The van der Waals surface area contributed by atoms with E-state index in [-0.39, 0.29) is 17.6 Å². The fourth-order valence-corrected chi connectivity index (χ4v) is 2.40. The number of nitrogens with zero attached hydrogens (tertiary/aromatic N) is 4. The second kappa shape index (κ2) is 6.02. The van der Waals surface area contributed by atoms with Crippen LogP contribution in [0.4, 0.5) is 6.01 Å². The summed E-state index contributed by atoms with van der Waals surface area (Å²) in [5.74, 6) is -0.277. The van der Waals surface area contributed by atoms with Crippen molar-refractivity contribution in [2.45, 2.75) is 6.92 Å². The number of aromatic nitrogens is 4. The molecule has 0 atom stereocenters. The van der Waals surface area contributed by atoms with Crippen LogP contribution in [0.15, 0.2) is 28.8 Å². The summed E-state index contributed by atoms with van der Waals surface area (Å²) in [5, 5.41) is 15.1. The zero-order valence-electron chi connectivity index (χ0n) is 12.2. The van der Waals surface area contributed by atoms with Crippen LogP contribution in [0.1, 0.15) is 16.1 Å². The fraction of sp³-hybridized carbons (Fsp3) is 0.143. The number of halogens is 2. The Morgan fingerprint density at radius 2 is 2.09 bits per heavy atom. The van der Waals surface area contributed by atoms with Crippen LogP contribution in [-0.2, 0) is 7.05 Å². The number of amides is 1. The number of aryl methyl sites for hydroxylation is 2. The average Bonchev–Trinajstić information content (AvgIpc) is 3.08. The first-order chi connectivity index (χ1) is 10.9. The predicted octanol–water partition coefficient (Wildman–Crippen LogP) is 3.34. The van der Waals surface area contributed by atoms with E-state index in [9.17, 15) is 4.79 Å². The predicted molar refractivity (Wildman–Crippen MR) is 85.7 cm³/mol. The molecule has 0 saturated heterocycles. The summed E-state index contributed by atoms with van der Waals surface area (Å²) < 4.78 is 6.96. The summed E-state index contributed by atoms with van der Waals surface area (Å²) >= 11 is 12.0. The Morgan fingerprint density at radius 3 is 2.78 bits per heavy atom. The first kappa shape index (κ1) is 15.5. The monoisotopic (exact) mass is 351 g/mol. The molecular weight excluding hydrogens is 341 g/mol. The Labute approximate surface area is 141 Å². The lowest BCUT2D eigenvalue weighted by atomic mass is 10.2. The van der Waals surface area contributed by atoms with E-state index >= 15 is 0 Å².